The summed E-state index contributed by atoms with van der Waals surface area (Å²) in [5.74, 6) is 2.19. The molecule has 3 heteroatoms. The summed E-state index contributed by atoms with van der Waals surface area (Å²) in [7, 11) is 0. The average Bonchev–Trinajstić information content (AvgIpc) is 2.87. The minimum atomic E-state index is 0.214. The molecule has 2 atom stereocenters. The number of hydrogen-bond donors (Lipinski definition) is 1. The van der Waals surface area contributed by atoms with Crippen LogP contribution in [-0.4, -0.2) is 25.8 Å². The first-order valence-electron chi connectivity index (χ1n) is 8.15. The van der Waals surface area contributed by atoms with Gasteiger partial charge in [-0.15, -0.1) is 0 Å². The van der Waals surface area contributed by atoms with Crippen LogP contribution in [0.5, 0.6) is 5.75 Å². The molecule has 0 saturated carbocycles. The summed E-state index contributed by atoms with van der Waals surface area (Å²) < 4.78 is 11.6. The van der Waals surface area contributed by atoms with Gasteiger partial charge in [-0.25, -0.2) is 0 Å². The number of ether oxygens (including phenoxy) is 2. The Morgan fingerprint density at radius 2 is 1.90 bits per heavy atom. The van der Waals surface area contributed by atoms with Gasteiger partial charge in [0.05, 0.1) is 12.2 Å². The molecule has 1 aromatic rings. The van der Waals surface area contributed by atoms with Gasteiger partial charge < -0.3 is 14.8 Å². The molecule has 2 unspecified atom stereocenters. The van der Waals surface area contributed by atoms with Crippen molar-refractivity contribution >= 4 is 0 Å². The molecule has 0 aromatic heterocycles. The minimum Gasteiger partial charge on any atom is -0.491 e. The normalized spacial score (nSPS) is 22.2. The van der Waals surface area contributed by atoms with Crippen molar-refractivity contribution in [1.82, 2.24) is 5.32 Å². The van der Waals surface area contributed by atoms with Gasteiger partial charge in [0.2, 0.25) is 0 Å². The van der Waals surface area contributed by atoms with E-state index in [1.807, 2.05) is 13.8 Å². The molecule has 0 amide bonds. The Bertz CT molecular complexity index is 414. The predicted molar refractivity (Wildman–Crippen MR) is 86.7 cm³/mol. The topological polar surface area (TPSA) is 30.5 Å². The SMILES string of the molecule is CC(C)CNCC1CCOC1c1ccc(OC(C)C)cc1. The van der Waals surface area contributed by atoms with Crippen LogP contribution in [0.25, 0.3) is 0 Å². The van der Waals surface area contributed by atoms with Crippen LogP contribution >= 0.6 is 0 Å². The van der Waals surface area contributed by atoms with Crippen LogP contribution < -0.4 is 10.1 Å². The first-order chi connectivity index (χ1) is 10.1. The van der Waals surface area contributed by atoms with Crippen LogP contribution in [0.1, 0.15) is 45.8 Å². The van der Waals surface area contributed by atoms with Gasteiger partial charge in [-0.2, -0.15) is 0 Å². The monoisotopic (exact) mass is 291 g/mol. The highest BCUT2D eigenvalue weighted by Crippen LogP contribution is 2.34. The highest BCUT2D eigenvalue weighted by Gasteiger charge is 2.29. The molecule has 3 nitrogen and oxygen atoms in total. The third kappa shape index (κ3) is 5.01. The summed E-state index contributed by atoms with van der Waals surface area (Å²) >= 11 is 0. The smallest absolute Gasteiger partial charge is 0.119 e. The van der Waals surface area contributed by atoms with Crippen molar-refractivity contribution < 1.29 is 9.47 Å². The fourth-order valence-electron chi connectivity index (χ4n) is 2.78. The van der Waals surface area contributed by atoms with E-state index >= 15 is 0 Å². The minimum absolute atomic E-state index is 0.214. The van der Waals surface area contributed by atoms with Crippen LogP contribution in [0.2, 0.25) is 0 Å². The lowest BCUT2D eigenvalue weighted by atomic mass is 9.95. The van der Waals surface area contributed by atoms with Crippen LogP contribution in [0, 0.1) is 11.8 Å². The molecular formula is C18H29NO2. The van der Waals surface area contributed by atoms with Gasteiger partial charge >= 0.3 is 0 Å². The molecule has 0 radical (unpaired) electrons. The quantitative estimate of drug-likeness (QED) is 0.829. The van der Waals surface area contributed by atoms with E-state index in [1.165, 1.54) is 5.56 Å². The summed E-state index contributed by atoms with van der Waals surface area (Å²) in [4.78, 5) is 0. The van der Waals surface area contributed by atoms with Crippen LogP contribution in [-0.2, 0) is 4.74 Å². The van der Waals surface area contributed by atoms with E-state index in [0.717, 1.165) is 31.9 Å². The van der Waals surface area contributed by atoms with Crippen molar-refractivity contribution in [2.24, 2.45) is 11.8 Å². The molecule has 118 valence electrons. The zero-order valence-corrected chi connectivity index (χ0v) is 13.8. The van der Waals surface area contributed by atoms with Crippen LogP contribution in [0.3, 0.4) is 0 Å². The summed E-state index contributed by atoms with van der Waals surface area (Å²) in [6.07, 6.45) is 1.57. The zero-order valence-electron chi connectivity index (χ0n) is 13.8. The second-order valence-corrected chi connectivity index (χ2v) is 6.63. The van der Waals surface area contributed by atoms with Gasteiger partial charge in [0.25, 0.3) is 0 Å². The number of hydrogen-bond acceptors (Lipinski definition) is 3. The van der Waals surface area contributed by atoms with E-state index in [0.29, 0.717) is 11.8 Å². The molecule has 0 bridgehead atoms. The van der Waals surface area contributed by atoms with E-state index in [2.05, 4.69) is 43.4 Å². The zero-order chi connectivity index (χ0) is 15.2. The third-order valence-corrected chi connectivity index (χ3v) is 3.75. The molecule has 1 N–H and O–H groups in total. The van der Waals surface area contributed by atoms with E-state index in [4.69, 9.17) is 9.47 Å². The fraction of sp³-hybridized carbons (Fsp3) is 0.667. The van der Waals surface area contributed by atoms with Crippen LogP contribution in [0.15, 0.2) is 24.3 Å². The molecule has 21 heavy (non-hydrogen) atoms. The van der Waals surface area contributed by atoms with Gasteiger partial charge in [0.15, 0.2) is 0 Å². The lowest BCUT2D eigenvalue weighted by Gasteiger charge is -2.20. The van der Waals surface area contributed by atoms with Crippen molar-refractivity contribution in [1.29, 1.82) is 0 Å². The summed E-state index contributed by atoms with van der Waals surface area (Å²) in [6.45, 7) is 11.5. The highest BCUT2D eigenvalue weighted by molar-refractivity contribution is 5.29. The number of benzene rings is 1. The number of nitrogens with one attached hydrogen (secondary N) is 1. The predicted octanol–water partition coefficient (Wildman–Crippen LogP) is 3.80. The first kappa shape index (κ1) is 16.3. The summed E-state index contributed by atoms with van der Waals surface area (Å²) in [6, 6.07) is 8.39. The second kappa shape index (κ2) is 7.81. The van der Waals surface area contributed by atoms with Crippen molar-refractivity contribution in [2.45, 2.75) is 46.3 Å². The molecule has 0 aliphatic carbocycles. The maximum Gasteiger partial charge on any atom is 0.119 e. The molecule has 1 aromatic carbocycles. The molecule has 1 saturated heterocycles. The Labute approximate surface area is 129 Å². The standard InChI is InChI=1S/C18H29NO2/c1-13(2)11-19-12-16-9-10-20-18(16)15-5-7-17(8-6-15)21-14(3)4/h5-8,13-14,16,18-19H,9-12H2,1-4H3. The molecule has 1 aliphatic rings. The third-order valence-electron chi connectivity index (χ3n) is 3.75. The maximum absolute atomic E-state index is 5.95. The van der Waals surface area contributed by atoms with Crippen molar-refractivity contribution in [3.8, 4) is 5.75 Å². The van der Waals surface area contributed by atoms with E-state index in [9.17, 15) is 0 Å². The first-order valence-corrected chi connectivity index (χ1v) is 8.15. The highest BCUT2D eigenvalue weighted by atomic mass is 16.5. The summed E-state index contributed by atoms with van der Waals surface area (Å²) in [5.41, 5.74) is 1.26. The molecule has 1 aliphatic heterocycles. The Morgan fingerprint density at radius 1 is 1.19 bits per heavy atom. The van der Waals surface area contributed by atoms with E-state index in [-0.39, 0.29) is 12.2 Å². The number of rotatable bonds is 7. The second-order valence-electron chi connectivity index (χ2n) is 6.63. The lowest BCUT2D eigenvalue weighted by molar-refractivity contribution is 0.0903. The Morgan fingerprint density at radius 3 is 2.52 bits per heavy atom. The Balaban J connectivity index is 1.92. The molecular weight excluding hydrogens is 262 g/mol. The van der Waals surface area contributed by atoms with Crippen molar-refractivity contribution in [3.05, 3.63) is 29.8 Å². The van der Waals surface area contributed by atoms with E-state index in [1.54, 1.807) is 0 Å². The van der Waals surface area contributed by atoms with Crippen molar-refractivity contribution in [2.75, 3.05) is 19.7 Å². The van der Waals surface area contributed by atoms with Gasteiger partial charge in [-0.1, -0.05) is 26.0 Å². The lowest BCUT2D eigenvalue weighted by Crippen LogP contribution is -2.27. The molecule has 0 spiro atoms. The molecule has 1 heterocycles. The Kier molecular flexibility index (Phi) is 6.07. The van der Waals surface area contributed by atoms with Gasteiger partial charge in [-0.3, -0.25) is 0 Å². The van der Waals surface area contributed by atoms with Gasteiger partial charge in [-0.05, 0) is 50.4 Å². The summed E-state index contributed by atoms with van der Waals surface area (Å²) in [5, 5.41) is 3.56. The van der Waals surface area contributed by atoms with Crippen LogP contribution in [0.4, 0.5) is 0 Å². The Hall–Kier alpha value is -1.06. The van der Waals surface area contributed by atoms with Crippen molar-refractivity contribution in [3.63, 3.8) is 0 Å². The average molecular weight is 291 g/mol. The van der Waals surface area contributed by atoms with Gasteiger partial charge in [0.1, 0.15) is 5.75 Å². The fourth-order valence-corrected chi connectivity index (χ4v) is 2.78. The maximum atomic E-state index is 5.95. The molecule has 2 rings (SSSR count). The largest absolute Gasteiger partial charge is 0.491 e. The van der Waals surface area contributed by atoms with E-state index < -0.39 is 0 Å². The molecule has 1 fully saturated rings. The van der Waals surface area contributed by atoms with Gasteiger partial charge in [0, 0.05) is 19.1 Å².